The fraction of sp³-hybridized carbons (Fsp3) is 0.333. The van der Waals surface area contributed by atoms with Crippen LogP contribution < -0.4 is 10.6 Å². The van der Waals surface area contributed by atoms with E-state index >= 15 is 0 Å². The normalized spacial score (nSPS) is 11.5. The number of carbonyl (C=O) groups excluding carboxylic acids is 2. The highest BCUT2D eigenvalue weighted by Crippen LogP contribution is 2.15. The van der Waals surface area contributed by atoms with Crippen LogP contribution >= 0.6 is 0 Å². The molecular formula is C21H27N3O2. The number of benzene rings is 2. The zero-order valence-corrected chi connectivity index (χ0v) is 15.9. The van der Waals surface area contributed by atoms with Gasteiger partial charge in [-0.15, -0.1) is 0 Å². The molecule has 0 radical (unpaired) electrons. The zero-order chi connectivity index (χ0) is 19.1. The molecule has 2 rings (SSSR count). The van der Waals surface area contributed by atoms with Crippen LogP contribution in [-0.2, 0) is 17.6 Å². The molecule has 138 valence electrons. The Morgan fingerprint density at radius 2 is 1.54 bits per heavy atom. The van der Waals surface area contributed by atoms with Crippen molar-refractivity contribution in [1.82, 2.24) is 10.2 Å². The van der Waals surface area contributed by atoms with Gasteiger partial charge in [-0.3, -0.25) is 4.79 Å². The minimum Gasteiger partial charge on any atom is -0.349 e. The smallest absolute Gasteiger partial charge is 0.319 e. The summed E-state index contributed by atoms with van der Waals surface area (Å²) in [4.78, 5) is 25.5. The van der Waals surface area contributed by atoms with Gasteiger partial charge in [-0.1, -0.05) is 43.3 Å². The van der Waals surface area contributed by atoms with Crippen LogP contribution in [0.3, 0.4) is 0 Å². The molecule has 0 aromatic heterocycles. The molecule has 3 amide bonds. The minimum absolute atomic E-state index is 0.0476. The van der Waals surface area contributed by atoms with E-state index in [0.717, 1.165) is 17.5 Å². The number of urea groups is 1. The molecule has 2 N–H and O–H groups in total. The molecule has 0 saturated heterocycles. The maximum atomic E-state index is 12.2. The Kier molecular flexibility index (Phi) is 6.78. The van der Waals surface area contributed by atoms with Crippen molar-refractivity contribution in [3.63, 3.8) is 0 Å². The molecule has 0 bridgehead atoms. The van der Waals surface area contributed by atoms with Crippen LogP contribution in [0.15, 0.2) is 48.5 Å². The van der Waals surface area contributed by atoms with Crippen molar-refractivity contribution < 1.29 is 9.59 Å². The number of aryl methyl sites for hydroxylation is 1. The van der Waals surface area contributed by atoms with E-state index in [1.165, 1.54) is 5.56 Å². The molecule has 0 saturated carbocycles. The van der Waals surface area contributed by atoms with E-state index in [4.69, 9.17) is 0 Å². The van der Waals surface area contributed by atoms with Crippen molar-refractivity contribution in [1.29, 1.82) is 0 Å². The summed E-state index contributed by atoms with van der Waals surface area (Å²) >= 11 is 0. The number of hydrogen-bond acceptors (Lipinski definition) is 2. The van der Waals surface area contributed by atoms with Crippen molar-refractivity contribution in [3.8, 4) is 0 Å². The van der Waals surface area contributed by atoms with Crippen molar-refractivity contribution in [3.05, 3.63) is 65.2 Å². The topological polar surface area (TPSA) is 61.4 Å². The number of carbonyl (C=O) groups is 2. The fourth-order valence-electron chi connectivity index (χ4n) is 2.53. The monoisotopic (exact) mass is 353 g/mol. The van der Waals surface area contributed by atoms with Gasteiger partial charge in [0.05, 0.1) is 12.5 Å². The third kappa shape index (κ3) is 5.62. The molecule has 0 aliphatic heterocycles. The van der Waals surface area contributed by atoms with E-state index in [2.05, 4.69) is 29.7 Å². The standard InChI is InChI=1S/C21H27N3O2/c1-5-16-6-10-18(11-7-16)15(2)22-21(26)23-19-12-8-17(9-13-19)14-20(25)24(3)4/h6-13,15H,5,14H2,1-4H3,(H2,22,23,26). The predicted molar refractivity (Wildman–Crippen MR) is 105 cm³/mol. The molecule has 26 heavy (non-hydrogen) atoms. The summed E-state index contributed by atoms with van der Waals surface area (Å²) in [5, 5.41) is 5.76. The average Bonchev–Trinajstić information content (AvgIpc) is 2.63. The fourth-order valence-corrected chi connectivity index (χ4v) is 2.53. The number of hydrogen-bond donors (Lipinski definition) is 2. The van der Waals surface area contributed by atoms with Crippen molar-refractivity contribution in [2.24, 2.45) is 0 Å². The van der Waals surface area contributed by atoms with Gasteiger partial charge in [-0.2, -0.15) is 0 Å². The summed E-state index contributed by atoms with van der Waals surface area (Å²) in [6.07, 6.45) is 1.35. The van der Waals surface area contributed by atoms with Crippen LogP contribution in [0, 0.1) is 0 Å². The molecule has 0 aliphatic carbocycles. The van der Waals surface area contributed by atoms with Crippen LogP contribution in [0.1, 0.15) is 36.6 Å². The number of nitrogens with one attached hydrogen (secondary N) is 2. The zero-order valence-electron chi connectivity index (χ0n) is 15.9. The van der Waals surface area contributed by atoms with E-state index in [1.54, 1.807) is 31.1 Å². The molecule has 1 atom stereocenters. The van der Waals surface area contributed by atoms with Gasteiger partial charge in [0.25, 0.3) is 0 Å². The first-order valence-corrected chi connectivity index (χ1v) is 8.84. The highest BCUT2D eigenvalue weighted by Gasteiger charge is 2.10. The first kappa shape index (κ1) is 19.5. The lowest BCUT2D eigenvalue weighted by molar-refractivity contribution is -0.127. The van der Waals surface area contributed by atoms with Gasteiger partial charge in [-0.05, 0) is 42.2 Å². The van der Waals surface area contributed by atoms with Gasteiger partial charge < -0.3 is 15.5 Å². The third-order valence-electron chi connectivity index (χ3n) is 4.30. The quantitative estimate of drug-likeness (QED) is 0.830. The Bertz CT molecular complexity index is 737. The van der Waals surface area contributed by atoms with Gasteiger partial charge in [0.2, 0.25) is 5.91 Å². The number of rotatable bonds is 6. The maximum absolute atomic E-state index is 12.2. The van der Waals surface area contributed by atoms with Crippen molar-refractivity contribution in [2.75, 3.05) is 19.4 Å². The van der Waals surface area contributed by atoms with Gasteiger partial charge in [0.1, 0.15) is 0 Å². The highest BCUT2D eigenvalue weighted by molar-refractivity contribution is 5.89. The number of amides is 3. The number of nitrogens with zero attached hydrogens (tertiary/aromatic N) is 1. The van der Waals surface area contributed by atoms with Gasteiger partial charge in [0, 0.05) is 19.8 Å². The average molecular weight is 353 g/mol. The van der Waals surface area contributed by atoms with Gasteiger partial charge >= 0.3 is 6.03 Å². The summed E-state index contributed by atoms with van der Waals surface area (Å²) < 4.78 is 0. The second-order valence-corrected chi connectivity index (χ2v) is 6.58. The van der Waals surface area contributed by atoms with Crippen LogP contribution in [0.2, 0.25) is 0 Å². The summed E-state index contributed by atoms with van der Waals surface area (Å²) in [6, 6.07) is 15.2. The number of anilines is 1. The molecule has 0 spiro atoms. The van der Waals surface area contributed by atoms with E-state index in [-0.39, 0.29) is 18.0 Å². The molecule has 5 heteroatoms. The Labute approximate surface area is 155 Å². The largest absolute Gasteiger partial charge is 0.349 e. The van der Waals surface area contributed by atoms with Crippen LogP contribution in [0.25, 0.3) is 0 Å². The first-order chi connectivity index (χ1) is 12.4. The lowest BCUT2D eigenvalue weighted by Gasteiger charge is -2.16. The highest BCUT2D eigenvalue weighted by atomic mass is 16.2. The molecule has 0 fully saturated rings. The van der Waals surface area contributed by atoms with E-state index in [9.17, 15) is 9.59 Å². The van der Waals surface area contributed by atoms with Gasteiger partial charge in [-0.25, -0.2) is 4.79 Å². The van der Waals surface area contributed by atoms with Crippen molar-refractivity contribution in [2.45, 2.75) is 32.7 Å². The second-order valence-electron chi connectivity index (χ2n) is 6.58. The van der Waals surface area contributed by atoms with Crippen molar-refractivity contribution >= 4 is 17.6 Å². The van der Waals surface area contributed by atoms with E-state index < -0.39 is 0 Å². The predicted octanol–water partition coefficient (Wildman–Crippen LogP) is 3.76. The molecule has 0 aliphatic rings. The second kappa shape index (κ2) is 9.04. The van der Waals surface area contributed by atoms with E-state index in [0.29, 0.717) is 12.1 Å². The Hall–Kier alpha value is -2.82. The lowest BCUT2D eigenvalue weighted by atomic mass is 10.1. The third-order valence-corrected chi connectivity index (χ3v) is 4.30. The molecule has 2 aromatic rings. The first-order valence-electron chi connectivity index (χ1n) is 8.84. The maximum Gasteiger partial charge on any atom is 0.319 e. The summed E-state index contributed by atoms with van der Waals surface area (Å²) in [7, 11) is 3.47. The number of likely N-dealkylation sites (N-methyl/N-ethyl adjacent to an activating group) is 1. The van der Waals surface area contributed by atoms with E-state index in [1.807, 2.05) is 31.2 Å². The molecular weight excluding hydrogens is 326 g/mol. The summed E-state index contributed by atoms with van der Waals surface area (Å²) in [6.45, 7) is 4.07. The SMILES string of the molecule is CCc1ccc(C(C)NC(=O)Nc2ccc(CC(=O)N(C)C)cc2)cc1. The lowest BCUT2D eigenvalue weighted by Crippen LogP contribution is -2.31. The Balaban J connectivity index is 1.89. The summed E-state index contributed by atoms with van der Waals surface area (Å²) in [5.74, 6) is 0.0476. The van der Waals surface area contributed by atoms with Crippen LogP contribution in [0.5, 0.6) is 0 Å². The molecule has 2 aromatic carbocycles. The molecule has 5 nitrogen and oxygen atoms in total. The molecule has 0 heterocycles. The summed E-state index contributed by atoms with van der Waals surface area (Å²) in [5.41, 5.74) is 3.95. The van der Waals surface area contributed by atoms with Gasteiger partial charge in [0.15, 0.2) is 0 Å². The van der Waals surface area contributed by atoms with Crippen LogP contribution in [0.4, 0.5) is 10.5 Å². The Morgan fingerprint density at radius 1 is 0.962 bits per heavy atom. The van der Waals surface area contributed by atoms with Crippen LogP contribution in [-0.4, -0.2) is 30.9 Å². The minimum atomic E-state index is -0.255. The molecule has 1 unspecified atom stereocenters. The Morgan fingerprint density at radius 3 is 2.08 bits per heavy atom.